The van der Waals surface area contributed by atoms with Crippen molar-refractivity contribution in [1.29, 1.82) is 0 Å². The molecule has 7 heteroatoms. The molecule has 0 spiro atoms. The summed E-state index contributed by atoms with van der Waals surface area (Å²) in [6.45, 7) is 10.2. The van der Waals surface area contributed by atoms with Gasteiger partial charge in [-0.3, -0.25) is 9.59 Å². The van der Waals surface area contributed by atoms with Crippen molar-refractivity contribution in [3.05, 3.63) is 29.3 Å². The van der Waals surface area contributed by atoms with Crippen LogP contribution < -0.4 is 5.32 Å². The van der Waals surface area contributed by atoms with E-state index in [2.05, 4.69) is 42.0 Å². The van der Waals surface area contributed by atoms with Gasteiger partial charge in [-0.1, -0.05) is 49.0 Å². The number of hydrogen-bond acceptors (Lipinski definition) is 5. The van der Waals surface area contributed by atoms with Crippen LogP contribution in [0.2, 0.25) is 0 Å². The Hall–Kier alpha value is -2.02. The maximum Gasteiger partial charge on any atom is 0.307 e. The van der Waals surface area contributed by atoms with Crippen LogP contribution in [-0.4, -0.2) is 27.2 Å². The monoisotopic (exact) mass is 365 g/mol. The van der Waals surface area contributed by atoms with Crippen LogP contribution in [0, 0.1) is 11.8 Å². The first-order chi connectivity index (χ1) is 11.9. The fraction of sp³-hybridized carbons (Fsp3) is 0.556. The summed E-state index contributed by atoms with van der Waals surface area (Å²) in [6.07, 6.45) is 5.29. The quantitative estimate of drug-likeness (QED) is 0.571. The highest BCUT2D eigenvalue weighted by Crippen LogP contribution is 2.30. The van der Waals surface area contributed by atoms with Gasteiger partial charge in [-0.05, 0) is 38.5 Å². The van der Waals surface area contributed by atoms with E-state index in [1.165, 1.54) is 22.4 Å². The van der Waals surface area contributed by atoms with E-state index in [0.29, 0.717) is 11.6 Å². The molecule has 0 saturated carbocycles. The number of carbonyl (C=O) groups excluding carboxylic acids is 1. The van der Waals surface area contributed by atoms with Crippen molar-refractivity contribution in [3.63, 3.8) is 0 Å². The fourth-order valence-electron chi connectivity index (χ4n) is 2.69. The molecule has 2 N–H and O–H groups in total. The molecular weight excluding hydrogens is 338 g/mol. The number of aliphatic carboxylic acids is 1. The van der Waals surface area contributed by atoms with Crippen molar-refractivity contribution >= 4 is 28.3 Å². The van der Waals surface area contributed by atoms with Gasteiger partial charge in [-0.2, -0.15) is 0 Å². The van der Waals surface area contributed by atoms with Gasteiger partial charge < -0.3 is 10.4 Å². The molecule has 0 aliphatic heterocycles. The smallest absolute Gasteiger partial charge is 0.307 e. The molecule has 0 radical (unpaired) electrons. The molecule has 1 aromatic rings. The molecule has 0 saturated heterocycles. The summed E-state index contributed by atoms with van der Waals surface area (Å²) in [5.41, 5.74) is 3.71. The van der Waals surface area contributed by atoms with Crippen molar-refractivity contribution in [2.75, 3.05) is 5.32 Å². The van der Waals surface area contributed by atoms with Crippen LogP contribution in [0.3, 0.4) is 0 Å². The molecular formula is C18H27N3O3S. The van der Waals surface area contributed by atoms with Crippen LogP contribution in [0.15, 0.2) is 29.3 Å². The summed E-state index contributed by atoms with van der Waals surface area (Å²) >= 11 is 1.20. The summed E-state index contributed by atoms with van der Waals surface area (Å²) in [5.74, 6) is -2.35. The van der Waals surface area contributed by atoms with Gasteiger partial charge in [-0.15, -0.1) is 10.2 Å². The largest absolute Gasteiger partial charge is 0.481 e. The molecule has 1 rings (SSSR count). The van der Waals surface area contributed by atoms with Crippen LogP contribution in [0.5, 0.6) is 0 Å². The molecule has 1 heterocycles. The van der Waals surface area contributed by atoms with Crippen molar-refractivity contribution < 1.29 is 14.7 Å². The Kier molecular flexibility index (Phi) is 9.05. The number of aromatic nitrogens is 2. The maximum absolute atomic E-state index is 12.1. The van der Waals surface area contributed by atoms with Gasteiger partial charge in [0.05, 0.1) is 5.92 Å². The zero-order valence-corrected chi connectivity index (χ0v) is 15.9. The molecule has 2 atom stereocenters. The third-order valence-corrected chi connectivity index (χ3v) is 4.90. The van der Waals surface area contributed by atoms with Gasteiger partial charge in [-0.25, -0.2) is 0 Å². The van der Waals surface area contributed by atoms with Gasteiger partial charge in [0.25, 0.3) is 0 Å². The molecule has 0 aliphatic carbocycles. The minimum absolute atomic E-state index is 0.101. The zero-order chi connectivity index (χ0) is 18.8. The van der Waals surface area contributed by atoms with E-state index in [-0.39, 0.29) is 18.2 Å². The Morgan fingerprint density at radius 3 is 2.64 bits per heavy atom. The number of carboxylic acid groups (broad SMARTS) is 1. The maximum atomic E-state index is 12.1. The number of anilines is 1. The van der Waals surface area contributed by atoms with Crippen molar-refractivity contribution in [1.82, 2.24) is 10.2 Å². The SMILES string of the molecule is C=C(CCC=C(C)CC)C(CC)C(CC(=O)Nc1nncs1)C(=O)O. The molecule has 138 valence electrons. The van der Waals surface area contributed by atoms with E-state index in [1.807, 2.05) is 6.92 Å². The van der Waals surface area contributed by atoms with Crippen LogP contribution in [0.1, 0.15) is 52.9 Å². The molecule has 25 heavy (non-hydrogen) atoms. The van der Waals surface area contributed by atoms with Gasteiger partial charge in [0.2, 0.25) is 11.0 Å². The predicted octanol–water partition coefficient (Wildman–Crippen LogP) is 4.29. The number of nitrogens with zero attached hydrogens (tertiary/aromatic N) is 2. The summed E-state index contributed by atoms with van der Waals surface area (Å²) in [6, 6.07) is 0. The lowest BCUT2D eigenvalue weighted by Gasteiger charge is -2.24. The third-order valence-electron chi connectivity index (χ3n) is 4.29. The third kappa shape index (κ3) is 7.17. The second-order valence-corrected chi connectivity index (χ2v) is 6.89. The lowest BCUT2D eigenvalue weighted by atomic mass is 9.80. The van der Waals surface area contributed by atoms with Gasteiger partial charge in [0, 0.05) is 6.42 Å². The lowest BCUT2D eigenvalue weighted by molar-refractivity contribution is -0.145. The minimum atomic E-state index is -0.972. The average Bonchev–Trinajstić information content (AvgIpc) is 3.07. The highest BCUT2D eigenvalue weighted by Gasteiger charge is 2.31. The highest BCUT2D eigenvalue weighted by molar-refractivity contribution is 7.13. The minimum Gasteiger partial charge on any atom is -0.481 e. The number of hydrogen-bond donors (Lipinski definition) is 2. The standard InChI is InChI=1S/C18H27N3O3S/c1-5-12(3)8-7-9-13(4)14(6-2)15(17(23)24)10-16(22)20-18-21-19-11-25-18/h8,11,14-15H,4-7,9-10H2,1-3H3,(H,23,24)(H,20,21,22). The Morgan fingerprint density at radius 1 is 1.40 bits per heavy atom. The Balaban J connectivity index is 2.70. The van der Waals surface area contributed by atoms with E-state index >= 15 is 0 Å². The van der Waals surface area contributed by atoms with E-state index in [4.69, 9.17) is 0 Å². The average molecular weight is 365 g/mol. The fourth-order valence-corrected chi connectivity index (χ4v) is 3.15. The molecule has 6 nitrogen and oxygen atoms in total. The number of carboxylic acids is 1. The molecule has 0 fully saturated rings. The van der Waals surface area contributed by atoms with Crippen LogP contribution >= 0.6 is 11.3 Å². The summed E-state index contributed by atoms with van der Waals surface area (Å²) in [5, 5.41) is 19.9. The molecule has 0 aromatic carbocycles. The van der Waals surface area contributed by atoms with Crippen LogP contribution in [-0.2, 0) is 9.59 Å². The van der Waals surface area contributed by atoms with Gasteiger partial charge in [0.15, 0.2) is 0 Å². The molecule has 1 amide bonds. The lowest BCUT2D eigenvalue weighted by Crippen LogP contribution is -2.29. The Morgan fingerprint density at radius 2 is 2.12 bits per heavy atom. The molecule has 1 aromatic heterocycles. The van der Waals surface area contributed by atoms with Crippen molar-refractivity contribution in [2.24, 2.45) is 11.8 Å². The summed E-state index contributed by atoms with van der Waals surface area (Å²) < 4.78 is 0. The van der Waals surface area contributed by atoms with E-state index in [1.54, 1.807) is 0 Å². The van der Waals surface area contributed by atoms with E-state index in [0.717, 1.165) is 24.8 Å². The highest BCUT2D eigenvalue weighted by atomic mass is 32.1. The Bertz CT molecular complexity index is 611. The molecule has 0 aliphatic rings. The Labute approximate surface area is 153 Å². The molecule has 0 bridgehead atoms. The van der Waals surface area contributed by atoms with E-state index in [9.17, 15) is 14.7 Å². The predicted molar refractivity (Wildman–Crippen MR) is 100 cm³/mol. The first-order valence-electron chi connectivity index (χ1n) is 8.51. The number of allylic oxidation sites excluding steroid dienone is 3. The summed E-state index contributed by atoms with van der Waals surface area (Å²) in [7, 11) is 0. The number of rotatable bonds is 11. The topological polar surface area (TPSA) is 92.2 Å². The second kappa shape index (κ2) is 10.8. The van der Waals surface area contributed by atoms with Crippen molar-refractivity contribution in [3.8, 4) is 0 Å². The van der Waals surface area contributed by atoms with E-state index < -0.39 is 11.9 Å². The van der Waals surface area contributed by atoms with Crippen molar-refractivity contribution in [2.45, 2.75) is 52.9 Å². The number of nitrogens with one attached hydrogen (secondary N) is 1. The first kappa shape index (κ1) is 21.0. The zero-order valence-electron chi connectivity index (χ0n) is 15.1. The molecule has 2 unspecified atom stereocenters. The number of amides is 1. The van der Waals surface area contributed by atoms with Gasteiger partial charge >= 0.3 is 5.97 Å². The summed E-state index contributed by atoms with van der Waals surface area (Å²) in [4.78, 5) is 23.8. The number of carbonyl (C=O) groups is 2. The first-order valence-corrected chi connectivity index (χ1v) is 9.39. The second-order valence-electron chi connectivity index (χ2n) is 6.06. The van der Waals surface area contributed by atoms with Crippen LogP contribution in [0.25, 0.3) is 0 Å². The van der Waals surface area contributed by atoms with Crippen LogP contribution in [0.4, 0.5) is 5.13 Å². The normalized spacial score (nSPS) is 14.0. The van der Waals surface area contributed by atoms with Gasteiger partial charge in [0.1, 0.15) is 5.51 Å².